The minimum Gasteiger partial charge on any atom is -0.288 e. The molecule has 0 unspecified atom stereocenters. The van der Waals surface area contributed by atoms with E-state index in [1.165, 1.54) is 30.8 Å². The van der Waals surface area contributed by atoms with Crippen LogP contribution >= 0.6 is 0 Å². The molecule has 9 heteroatoms. The highest BCUT2D eigenvalue weighted by Gasteiger charge is 2.37. The first-order valence-electron chi connectivity index (χ1n) is 9.62. The number of nitrogens with one attached hydrogen (secondary N) is 1. The van der Waals surface area contributed by atoms with E-state index in [1.54, 1.807) is 24.3 Å². The zero-order chi connectivity index (χ0) is 22.9. The largest absolute Gasteiger partial charge is 0.417 e. The van der Waals surface area contributed by atoms with Gasteiger partial charge in [0, 0.05) is 23.7 Å². The molecule has 0 radical (unpaired) electrons. The lowest BCUT2D eigenvalue weighted by atomic mass is 9.94. The van der Waals surface area contributed by atoms with Gasteiger partial charge in [-0.25, -0.2) is 14.3 Å². The first-order chi connectivity index (χ1) is 15.1. The topological polar surface area (TPSA) is 75.2 Å². The summed E-state index contributed by atoms with van der Waals surface area (Å²) in [5, 5.41) is 0.0502. The van der Waals surface area contributed by atoms with Crippen LogP contribution in [0.3, 0.4) is 0 Å². The fourth-order valence-corrected chi connectivity index (χ4v) is 4.22. The Kier molecular flexibility index (Phi) is 4.04. The molecule has 1 aliphatic carbocycles. The van der Waals surface area contributed by atoms with Gasteiger partial charge < -0.3 is 0 Å². The van der Waals surface area contributed by atoms with E-state index < -0.39 is 23.0 Å². The van der Waals surface area contributed by atoms with Crippen molar-refractivity contribution >= 4 is 16.8 Å². The first-order valence-corrected chi connectivity index (χ1v) is 9.62. The van der Waals surface area contributed by atoms with Crippen LogP contribution in [0, 0.1) is 0 Å². The predicted octanol–water partition coefficient (Wildman–Crippen LogP) is 2.95. The molecule has 0 amide bonds. The first kappa shape index (κ1) is 19.9. The van der Waals surface area contributed by atoms with E-state index >= 15 is 0 Å². The Hall–Kier alpha value is -4.01. The van der Waals surface area contributed by atoms with Gasteiger partial charge in [0.15, 0.2) is 5.78 Å². The zero-order valence-corrected chi connectivity index (χ0v) is 16.9. The van der Waals surface area contributed by atoms with Crippen molar-refractivity contribution in [1.29, 1.82) is 0 Å². The molecule has 1 N–H and O–H groups in total. The lowest BCUT2D eigenvalue weighted by Gasteiger charge is -2.12. The highest BCUT2D eigenvalue weighted by atomic mass is 19.4. The number of nitrogens with zero attached hydrogens (tertiary/aromatic N) is 2. The summed E-state index contributed by atoms with van der Waals surface area (Å²) in [4.78, 5) is 42.1. The molecule has 0 atom stereocenters. The molecule has 2 aromatic heterocycles. The van der Waals surface area contributed by atoms with Crippen LogP contribution in [0.15, 0.2) is 58.1 Å². The number of hydrogen-bond donors (Lipinski definition) is 0. The van der Waals surface area contributed by atoms with Gasteiger partial charge in [-0.15, -0.1) is 0 Å². The number of halogens is 3. The normalized spacial score (nSPS) is 12.8. The van der Waals surface area contributed by atoms with Crippen LogP contribution in [0.2, 0.25) is 0 Å². The molecule has 0 spiro atoms. The third-order valence-electron chi connectivity index (χ3n) is 5.83. The van der Waals surface area contributed by atoms with E-state index in [0.29, 0.717) is 16.8 Å². The summed E-state index contributed by atoms with van der Waals surface area (Å²) < 4.78 is 41.5. The number of alkyl halides is 3. The van der Waals surface area contributed by atoms with Crippen molar-refractivity contribution < 1.29 is 22.9 Å². The lowest BCUT2D eigenvalue weighted by Crippen LogP contribution is -2.40. The van der Waals surface area contributed by atoms with E-state index in [-0.39, 0.29) is 33.5 Å². The molecule has 5 rings (SSSR count). The Morgan fingerprint density at radius 3 is 2.06 bits per heavy atom. The average molecular weight is 438 g/mol. The number of benzene rings is 2. The summed E-state index contributed by atoms with van der Waals surface area (Å²) >= 11 is 0. The molecule has 32 heavy (non-hydrogen) atoms. The number of rotatable bonds is 1. The Balaban J connectivity index is 1.97. The Morgan fingerprint density at radius 2 is 1.44 bits per heavy atom. The van der Waals surface area contributed by atoms with Gasteiger partial charge in [-0.3, -0.25) is 9.59 Å². The van der Waals surface area contributed by atoms with Gasteiger partial charge in [0.05, 0.1) is 18.2 Å². The van der Waals surface area contributed by atoms with Crippen LogP contribution < -0.4 is 16.2 Å². The maximum Gasteiger partial charge on any atom is 0.417 e. The average Bonchev–Trinajstić information content (AvgIpc) is 3.06. The molecular weight excluding hydrogens is 423 g/mol. The van der Waals surface area contributed by atoms with Crippen LogP contribution in [0.25, 0.3) is 33.4 Å². The number of pyridine rings is 1. The number of carbonyl (C=O) groups excluding carboxylic acids is 1. The van der Waals surface area contributed by atoms with E-state index in [1.807, 2.05) is 0 Å². The molecule has 1 aliphatic rings. The Morgan fingerprint density at radius 1 is 0.812 bits per heavy atom. The number of aryl methyl sites for hydroxylation is 1. The number of aromatic amines is 1. The third-order valence-corrected chi connectivity index (χ3v) is 5.83. The minimum atomic E-state index is -4.53. The van der Waals surface area contributed by atoms with Gasteiger partial charge in [-0.2, -0.15) is 17.7 Å². The number of hydrogen-bond acceptors (Lipinski definition) is 3. The summed E-state index contributed by atoms with van der Waals surface area (Å²) in [5.41, 5.74) is 0.168. The SMILES string of the molecule is Cn1c(=O)c2c(-c3ccc(C(F)(F)F)cc3)c3c([nH+]c2n(C)c1=O)-c1ccccc1C3=O. The molecular formula is C23H15F3N3O3+. The number of aromatic nitrogens is 3. The van der Waals surface area contributed by atoms with Gasteiger partial charge in [0.25, 0.3) is 11.2 Å². The Labute approximate surface area is 178 Å². The molecule has 6 nitrogen and oxygen atoms in total. The fraction of sp³-hybridized carbons (Fsp3) is 0.130. The van der Waals surface area contributed by atoms with Crippen molar-refractivity contribution in [2.24, 2.45) is 14.1 Å². The molecule has 2 heterocycles. The van der Waals surface area contributed by atoms with Gasteiger partial charge in [0.2, 0.25) is 0 Å². The molecule has 0 saturated heterocycles. The second-order valence-electron chi connectivity index (χ2n) is 7.63. The summed E-state index contributed by atoms with van der Waals surface area (Å²) in [6.45, 7) is 0. The molecule has 2 aromatic carbocycles. The van der Waals surface area contributed by atoms with E-state index in [9.17, 15) is 27.6 Å². The smallest absolute Gasteiger partial charge is 0.288 e. The highest BCUT2D eigenvalue weighted by molar-refractivity contribution is 6.25. The van der Waals surface area contributed by atoms with Gasteiger partial charge >= 0.3 is 11.9 Å². The van der Waals surface area contributed by atoms with Crippen LogP contribution in [0.4, 0.5) is 13.2 Å². The Bertz CT molecular complexity index is 1580. The maximum absolute atomic E-state index is 13.3. The van der Waals surface area contributed by atoms with Crippen molar-refractivity contribution in [3.8, 4) is 22.4 Å². The van der Waals surface area contributed by atoms with Crippen molar-refractivity contribution in [3.63, 3.8) is 0 Å². The lowest BCUT2D eigenvalue weighted by molar-refractivity contribution is -0.336. The second kappa shape index (κ2) is 6.49. The minimum absolute atomic E-state index is 0.0502. The van der Waals surface area contributed by atoms with Crippen LogP contribution in [0.1, 0.15) is 21.5 Å². The number of H-pyrrole nitrogens is 1. The molecule has 0 aliphatic heterocycles. The molecule has 0 saturated carbocycles. The summed E-state index contributed by atoms with van der Waals surface area (Å²) in [6, 6.07) is 11.1. The van der Waals surface area contributed by atoms with Gasteiger partial charge in [-0.05, 0) is 23.8 Å². The summed E-state index contributed by atoms with van der Waals surface area (Å²) in [7, 11) is 2.79. The number of fused-ring (bicyclic) bond motifs is 4. The van der Waals surface area contributed by atoms with Crippen molar-refractivity contribution in [3.05, 3.63) is 86.1 Å². The number of ketones is 1. The zero-order valence-electron chi connectivity index (χ0n) is 16.9. The third kappa shape index (κ3) is 2.60. The van der Waals surface area contributed by atoms with Crippen LogP contribution in [0.5, 0.6) is 0 Å². The monoisotopic (exact) mass is 438 g/mol. The fourth-order valence-electron chi connectivity index (χ4n) is 4.22. The molecule has 0 bridgehead atoms. The van der Waals surface area contributed by atoms with E-state index in [2.05, 4.69) is 4.98 Å². The predicted molar refractivity (Wildman–Crippen MR) is 110 cm³/mol. The molecule has 0 fully saturated rings. The highest BCUT2D eigenvalue weighted by Crippen LogP contribution is 2.41. The molecule has 160 valence electrons. The second-order valence-corrected chi connectivity index (χ2v) is 7.63. The summed E-state index contributed by atoms with van der Waals surface area (Å²) in [5.74, 6) is -0.348. The summed E-state index contributed by atoms with van der Waals surface area (Å²) in [6.07, 6.45) is -4.53. The number of carbonyl (C=O) groups is 1. The molecule has 4 aromatic rings. The standard InChI is InChI=1S/C23H14F3N3O3/c1-28-20-17(21(31)29(2)22(28)32)15(11-7-9-12(10-8-11)23(24,25)26)16-18(27-20)13-5-3-4-6-14(13)19(16)30/h3-10H,1-2H3/p+1. The van der Waals surface area contributed by atoms with Gasteiger partial charge in [0.1, 0.15) is 11.1 Å². The van der Waals surface area contributed by atoms with E-state index in [0.717, 1.165) is 16.7 Å². The van der Waals surface area contributed by atoms with Crippen LogP contribution in [-0.2, 0) is 20.3 Å². The quantitative estimate of drug-likeness (QED) is 0.404. The maximum atomic E-state index is 13.3. The van der Waals surface area contributed by atoms with Crippen molar-refractivity contribution in [1.82, 2.24) is 9.13 Å². The van der Waals surface area contributed by atoms with Crippen molar-refractivity contribution in [2.45, 2.75) is 6.18 Å². The van der Waals surface area contributed by atoms with Crippen LogP contribution in [-0.4, -0.2) is 14.9 Å². The van der Waals surface area contributed by atoms with Crippen molar-refractivity contribution in [2.75, 3.05) is 0 Å². The van der Waals surface area contributed by atoms with E-state index in [4.69, 9.17) is 0 Å². The van der Waals surface area contributed by atoms with Gasteiger partial charge in [-0.1, -0.05) is 30.3 Å².